The number of rotatable bonds is 2. The van der Waals surface area contributed by atoms with Gasteiger partial charge in [0.25, 0.3) is 0 Å². The minimum atomic E-state index is -0.566. The Hall–Kier alpha value is -2.23. The molecule has 0 radical (unpaired) electrons. The van der Waals surface area contributed by atoms with Crippen molar-refractivity contribution in [3.05, 3.63) is 35.5 Å². The standard InChI is InChI=1S/C22H35BN4O4/c1-20(2,3)29-19(28)26-11-12-27(25)17(14-26)18(24)15-9-8-10-16(13-15)23-30-21(4,5)22(6,7)31-23/h8-10,13H,11-12,14,24-25H2,1-7H3/b18-17-. The van der Waals surface area contributed by atoms with E-state index in [1.807, 2.05) is 72.7 Å². The fraction of sp³-hybridized carbons (Fsp3) is 0.591. The average Bonchev–Trinajstić information content (AvgIpc) is 2.87. The highest BCUT2D eigenvalue weighted by molar-refractivity contribution is 6.62. The molecule has 1 aromatic rings. The number of amides is 1. The minimum absolute atomic E-state index is 0.276. The van der Waals surface area contributed by atoms with Crippen molar-refractivity contribution < 1.29 is 18.8 Å². The van der Waals surface area contributed by atoms with Gasteiger partial charge in [-0.1, -0.05) is 24.3 Å². The van der Waals surface area contributed by atoms with Gasteiger partial charge in [0.1, 0.15) is 5.60 Å². The Bertz CT molecular complexity index is 863. The maximum Gasteiger partial charge on any atom is 0.494 e. The molecule has 0 aromatic heterocycles. The van der Waals surface area contributed by atoms with Gasteiger partial charge in [-0.2, -0.15) is 0 Å². The van der Waals surface area contributed by atoms with Gasteiger partial charge in [0, 0.05) is 6.54 Å². The van der Waals surface area contributed by atoms with Crippen LogP contribution in [-0.4, -0.2) is 59.6 Å². The van der Waals surface area contributed by atoms with E-state index >= 15 is 0 Å². The largest absolute Gasteiger partial charge is 0.494 e. The zero-order valence-electron chi connectivity index (χ0n) is 19.7. The molecule has 2 saturated heterocycles. The zero-order chi connectivity index (χ0) is 23.2. The van der Waals surface area contributed by atoms with E-state index in [-0.39, 0.29) is 12.6 Å². The van der Waals surface area contributed by atoms with Gasteiger partial charge in [0.2, 0.25) is 0 Å². The van der Waals surface area contributed by atoms with Crippen LogP contribution in [0.2, 0.25) is 0 Å². The normalized spacial score (nSPS) is 22.5. The smallest absolute Gasteiger partial charge is 0.444 e. The van der Waals surface area contributed by atoms with Gasteiger partial charge in [-0.15, -0.1) is 0 Å². The van der Waals surface area contributed by atoms with Crippen molar-refractivity contribution in [2.24, 2.45) is 11.6 Å². The second-order valence-corrected chi connectivity index (χ2v) is 10.2. The Labute approximate surface area is 185 Å². The fourth-order valence-corrected chi connectivity index (χ4v) is 3.43. The lowest BCUT2D eigenvalue weighted by molar-refractivity contribution is 0.00578. The molecular formula is C22H35BN4O4. The van der Waals surface area contributed by atoms with Gasteiger partial charge < -0.3 is 29.7 Å². The summed E-state index contributed by atoms with van der Waals surface area (Å²) in [4.78, 5) is 14.1. The number of hydrogen-bond acceptors (Lipinski definition) is 7. The van der Waals surface area contributed by atoms with Gasteiger partial charge in [-0.05, 0) is 59.5 Å². The number of piperazine rings is 1. The number of hydrogen-bond donors (Lipinski definition) is 2. The highest BCUT2D eigenvalue weighted by Gasteiger charge is 2.51. The summed E-state index contributed by atoms with van der Waals surface area (Å²) in [7, 11) is -0.485. The van der Waals surface area contributed by atoms with Crippen LogP contribution in [0.15, 0.2) is 30.0 Å². The van der Waals surface area contributed by atoms with Crippen LogP contribution in [-0.2, 0) is 14.0 Å². The molecule has 0 saturated carbocycles. The van der Waals surface area contributed by atoms with Crippen molar-refractivity contribution in [1.82, 2.24) is 9.91 Å². The van der Waals surface area contributed by atoms with Crippen LogP contribution < -0.4 is 17.0 Å². The first kappa shape index (κ1) is 23.4. The molecule has 2 aliphatic rings. The molecule has 2 heterocycles. The third-order valence-corrected chi connectivity index (χ3v) is 5.98. The third kappa shape index (κ3) is 5.00. The zero-order valence-corrected chi connectivity index (χ0v) is 19.7. The summed E-state index contributed by atoms with van der Waals surface area (Å²) in [6, 6.07) is 7.73. The van der Waals surface area contributed by atoms with Gasteiger partial charge in [-0.25, -0.2) is 10.6 Å². The predicted molar refractivity (Wildman–Crippen MR) is 122 cm³/mol. The topological polar surface area (TPSA) is 103 Å². The number of ether oxygens (including phenoxy) is 1. The number of hydrazine groups is 1. The maximum absolute atomic E-state index is 12.5. The molecule has 0 atom stereocenters. The summed E-state index contributed by atoms with van der Waals surface area (Å²) in [5.41, 5.74) is 7.95. The SMILES string of the molecule is CC(C)(C)OC(=O)N1CCN(N)/C(=C(\N)c2cccc(B3OC(C)(C)C(C)(C)O3)c2)C1. The monoisotopic (exact) mass is 430 g/mol. The molecule has 0 bridgehead atoms. The van der Waals surface area contributed by atoms with E-state index in [9.17, 15) is 4.79 Å². The Kier molecular flexibility index (Phi) is 6.08. The molecule has 170 valence electrons. The second-order valence-electron chi connectivity index (χ2n) is 10.2. The van der Waals surface area contributed by atoms with Crippen molar-refractivity contribution in [1.29, 1.82) is 0 Å². The lowest BCUT2D eigenvalue weighted by Gasteiger charge is -2.37. The number of nitrogens with two attached hydrogens (primary N) is 2. The first-order valence-corrected chi connectivity index (χ1v) is 10.6. The molecule has 2 fully saturated rings. The van der Waals surface area contributed by atoms with Crippen LogP contribution in [0.25, 0.3) is 5.70 Å². The first-order valence-electron chi connectivity index (χ1n) is 10.6. The Balaban J connectivity index is 1.85. The number of carbonyl (C=O) groups is 1. The molecule has 2 aliphatic heterocycles. The van der Waals surface area contributed by atoms with Crippen LogP contribution in [0.3, 0.4) is 0 Å². The average molecular weight is 430 g/mol. The van der Waals surface area contributed by atoms with Gasteiger partial charge in [0.15, 0.2) is 0 Å². The highest BCUT2D eigenvalue weighted by atomic mass is 16.7. The van der Waals surface area contributed by atoms with E-state index in [0.717, 1.165) is 11.0 Å². The second kappa shape index (κ2) is 8.04. The lowest BCUT2D eigenvalue weighted by Crippen LogP contribution is -2.51. The van der Waals surface area contributed by atoms with E-state index in [4.69, 9.17) is 25.6 Å². The predicted octanol–water partition coefficient (Wildman–Crippen LogP) is 2.04. The molecule has 4 N–H and O–H groups in total. The number of nitrogens with zero attached hydrogens (tertiary/aromatic N) is 2. The Morgan fingerprint density at radius 1 is 1.13 bits per heavy atom. The molecular weight excluding hydrogens is 395 g/mol. The van der Waals surface area contributed by atoms with Crippen molar-refractivity contribution in [2.75, 3.05) is 19.6 Å². The summed E-state index contributed by atoms with van der Waals surface area (Å²) >= 11 is 0. The Morgan fingerprint density at radius 2 is 1.74 bits per heavy atom. The molecule has 31 heavy (non-hydrogen) atoms. The van der Waals surface area contributed by atoms with Crippen molar-refractivity contribution in [3.8, 4) is 0 Å². The van der Waals surface area contributed by atoms with Gasteiger partial charge in [-0.3, -0.25) is 0 Å². The van der Waals surface area contributed by atoms with Crippen molar-refractivity contribution in [3.63, 3.8) is 0 Å². The highest BCUT2D eigenvalue weighted by Crippen LogP contribution is 2.36. The van der Waals surface area contributed by atoms with E-state index in [2.05, 4.69) is 0 Å². The fourth-order valence-electron chi connectivity index (χ4n) is 3.43. The number of carbonyl (C=O) groups excluding carboxylic acids is 1. The Morgan fingerprint density at radius 3 is 2.32 bits per heavy atom. The minimum Gasteiger partial charge on any atom is -0.444 e. The maximum atomic E-state index is 12.5. The molecule has 8 nitrogen and oxygen atoms in total. The molecule has 0 spiro atoms. The lowest BCUT2D eigenvalue weighted by atomic mass is 9.78. The molecule has 1 amide bonds. The van der Waals surface area contributed by atoms with Gasteiger partial charge >= 0.3 is 13.2 Å². The molecule has 0 aliphatic carbocycles. The van der Waals surface area contributed by atoms with Crippen LogP contribution in [0.1, 0.15) is 54.0 Å². The third-order valence-electron chi connectivity index (χ3n) is 5.98. The summed E-state index contributed by atoms with van der Waals surface area (Å²) in [5.74, 6) is 6.21. The quantitative estimate of drug-likeness (QED) is 0.547. The van der Waals surface area contributed by atoms with Crippen molar-refractivity contribution in [2.45, 2.75) is 65.3 Å². The van der Waals surface area contributed by atoms with E-state index in [0.29, 0.717) is 24.5 Å². The summed E-state index contributed by atoms with van der Waals surface area (Å²) in [6.45, 7) is 14.8. The summed E-state index contributed by atoms with van der Waals surface area (Å²) < 4.78 is 17.8. The number of benzene rings is 1. The molecule has 9 heteroatoms. The van der Waals surface area contributed by atoms with Crippen LogP contribution >= 0.6 is 0 Å². The van der Waals surface area contributed by atoms with E-state index < -0.39 is 23.9 Å². The molecule has 0 unspecified atom stereocenters. The van der Waals surface area contributed by atoms with Crippen LogP contribution in [0, 0.1) is 0 Å². The summed E-state index contributed by atoms with van der Waals surface area (Å²) in [6.07, 6.45) is -0.378. The van der Waals surface area contributed by atoms with Crippen molar-refractivity contribution >= 4 is 24.4 Å². The van der Waals surface area contributed by atoms with Crippen LogP contribution in [0.5, 0.6) is 0 Å². The van der Waals surface area contributed by atoms with Gasteiger partial charge in [0.05, 0.1) is 35.7 Å². The summed E-state index contributed by atoms with van der Waals surface area (Å²) in [5, 5.41) is 1.59. The van der Waals surface area contributed by atoms with E-state index in [1.54, 1.807) is 9.91 Å². The van der Waals surface area contributed by atoms with Crippen LogP contribution in [0.4, 0.5) is 4.79 Å². The first-order chi connectivity index (χ1) is 14.2. The molecule has 1 aromatic carbocycles. The molecule has 3 rings (SSSR count). The van der Waals surface area contributed by atoms with E-state index in [1.165, 1.54) is 0 Å².